The Morgan fingerprint density at radius 3 is 2.83 bits per heavy atom. The molecule has 0 saturated carbocycles. The third-order valence-electron chi connectivity index (χ3n) is 5.11. The first-order valence-electron chi connectivity index (χ1n) is 9.84. The molecule has 2 N–H and O–H groups in total. The summed E-state index contributed by atoms with van der Waals surface area (Å²) in [6.07, 6.45) is 7.09. The van der Waals surface area contributed by atoms with Crippen LogP contribution in [0.25, 0.3) is 11.3 Å². The lowest BCUT2D eigenvalue weighted by molar-refractivity contribution is 0.485. The van der Waals surface area contributed by atoms with Crippen LogP contribution in [0, 0.1) is 0 Å². The second kappa shape index (κ2) is 9.91. The van der Waals surface area contributed by atoms with Crippen LogP contribution in [-0.4, -0.2) is 50.2 Å². The van der Waals surface area contributed by atoms with E-state index in [1.54, 1.807) is 0 Å². The second-order valence-corrected chi connectivity index (χ2v) is 7.16. The Balaban J connectivity index is 0.00000240. The Bertz CT molecular complexity index is 931. The number of aryl methyl sites for hydroxylation is 1. The number of nitrogens with zero attached hydrogens (tertiary/aromatic N) is 5. The number of benzene rings is 1. The maximum absolute atomic E-state index is 4.82. The molecule has 154 valence electrons. The average Bonchev–Trinajstić information content (AvgIpc) is 3.46. The fraction of sp³-hybridized carbons (Fsp3) is 0.381. The van der Waals surface area contributed by atoms with Gasteiger partial charge in [0.2, 0.25) is 0 Å². The number of likely N-dealkylation sites (tertiary alicyclic amines) is 1. The molecule has 0 aliphatic carbocycles. The molecule has 8 heteroatoms. The van der Waals surface area contributed by atoms with Crippen molar-refractivity contribution in [2.24, 2.45) is 12.0 Å². The van der Waals surface area contributed by atoms with Crippen molar-refractivity contribution in [3.05, 3.63) is 60.3 Å². The molecular formula is C21H28IN7. The highest BCUT2D eigenvalue weighted by atomic mass is 127. The maximum atomic E-state index is 4.82. The SMILES string of the molecule is CCNC(=NCc1ncc(-c2ccccc2)[nH]1)N1CCC(c2cnn(C)c2)C1.I. The number of nitrogens with one attached hydrogen (secondary N) is 2. The van der Waals surface area contributed by atoms with Crippen LogP contribution < -0.4 is 5.32 Å². The average molecular weight is 505 g/mol. The topological polar surface area (TPSA) is 74.1 Å². The van der Waals surface area contributed by atoms with E-state index in [1.807, 2.05) is 42.3 Å². The monoisotopic (exact) mass is 505 g/mol. The van der Waals surface area contributed by atoms with Crippen LogP contribution in [0.5, 0.6) is 0 Å². The van der Waals surface area contributed by atoms with Gasteiger partial charge in [0.05, 0.1) is 18.1 Å². The third kappa shape index (κ3) is 5.17. The minimum absolute atomic E-state index is 0. The Labute approximate surface area is 188 Å². The Kier molecular flexibility index (Phi) is 7.29. The number of aromatic amines is 1. The first-order chi connectivity index (χ1) is 13.7. The minimum Gasteiger partial charge on any atom is -0.357 e. The van der Waals surface area contributed by atoms with Gasteiger partial charge in [-0.15, -0.1) is 24.0 Å². The normalized spacial score (nSPS) is 16.7. The van der Waals surface area contributed by atoms with Gasteiger partial charge < -0.3 is 15.2 Å². The van der Waals surface area contributed by atoms with Gasteiger partial charge in [0.25, 0.3) is 0 Å². The lowest BCUT2D eigenvalue weighted by Crippen LogP contribution is -2.40. The summed E-state index contributed by atoms with van der Waals surface area (Å²) < 4.78 is 1.87. The molecule has 3 heterocycles. The minimum atomic E-state index is 0. The molecule has 1 aliphatic rings. The quantitative estimate of drug-likeness (QED) is 0.317. The number of halogens is 1. The molecule has 2 aromatic heterocycles. The van der Waals surface area contributed by atoms with E-state index in [0.717, 1.165) is 49.1 Å². The standard InChI is InChI=1S/C21H27N7.HI/c1-3-22-21(28-10-9-17(15-28)18-11-25-27(2)14-18)24-13-20-23-12-19(26-20)16-7-5-4-6-8-16;/h4-8,11-12,14,17H,3,9-10,13,15H2,1-2H3,(H,22,24)(H,23,26);1H. The number of aliphatic imine (C=N–C) groups is 1. The van der Waals surface area contributed by atoms with Crippen molar-refractivity contribution in [2.45, 2.75) is 25.8 Å². The molecule has 0 spiro atoms. The molecule has 1 aromatic carbocycles. The number of aromatic nitrogens is 4. The van der Waals surface area contributed by atoms with Crippen LogP contribution in [-0.2, 0) is 13.6 Å². The smallest absolute Gasteiger partial charge is 0.194 e. The molecule has 1 atom stereocenters. The van der Waals surface area contributed by atoms with Crippen molar-refractivity contribution in [3.8, 4) is 11.3 Å². The van der Waals surface area contributed by atoms with E-state index in [9.17, 15) is 0 Å². The summed E-state index contributed by atoms with van der Waals surface area (Å²) in [5, 5.41) is 7.73. The summed E-state index contributed by atoms with van der Waals surface area (Å²) in [7, 11) is 1.97. The van der Waals surface area contributed by atoms with E-state index >= 15 is 0 Å². The molecule has 1 unspecified atom stereocenters. The maximum Gasteiger partial charge on any atom is 0.194 e. The highest BCUT2D eigenvalue weighted by Crippen LogP contribution is 2.26. The van der Waals surface area contributed by atoms with Gasteiger partial charge >= 0.3 is 0 Å². The molecule has 0 amide bonds. The zero-order valence-corrected chi connectivity index (χ0v) is 19.2. The van der Waals surface area contributed by atoms with Gasteiger partial charge in [-0.05, 0) is 24.5 Å². The fourth-order valence-electron chi connectivity index (χ4n) is 3.66. The number of imidazole rings is 1. The van der Waals surface area contributed by atoms with E-state index in [1.165, 1.54) is 5.56 Å². The van der Waals surface area contributed by atoms with Crippen molar-refractivity contribution in [1.29, 1.82) is 0 Å². The van der Waals surface area contributed by atoms with Gasteiger partial charge in [-0.3, -0.25) is 4.68 Å². The summed E-state index contributed by atoms with van der Waals surface area (Å²) in [5.41, 5.74) is 3.46. The zero-order chi connectivity index (χ0) is 19.3. The van der Waals surface area contributed by atoms with E-state index in [2.05, 4.69) is 50.5 Å². The first kappa shape index (κ1) is 21.4. The van der Waals surface area contributed by atoms with Crippen molar-refractivity contribution in [3.63, 3.8) is 0 Å². The van der Waals surface area contributed by atoms with Crippen molar-refractivity contribution in [2.75, 3.05) is 19.6 Å². The van der Waals surface area contributed by atoms with Gasteiger partial charge in [-0.1, -0.05) is 30.3 Å². The number of hydrogen-bond acceptors (Lipinski definition) is 3. The van der Waals surface area contributed by atoms with Crippen LogP contribution in [0.2, 0.25) is 0 Å². The van der Waals surface area contributed by atoms with Gasteiger partial charge in [0, 0.05) is 38.8 Å². The van der Waals surface area contributed by atoms with Gasteiger partial charge in [0.15, 0.2) is 5.96 Å². The highest BCUT2D eigenvalue weighted by Gasteiger charge is 2.26. The van der Waals surface area contributed by atoms with Crippen molar-refractivity contribution < 1.29 is 0 Å². The lowest BCUT2D eigenvalue weighted by Gasteiger charge is -2.21. The largest absolute Gasteiger partial charge is 0.357 e. The molecule has 0 bridgehead atoms. The van der Waals surface area contributed by atoms with Gasteiger partial charge in [-0.2, -0.15) is 5.10 Å². The molecule has 4 rings (SSSR count). The molecule has 29 heavy (non-hydrogen) atoms. The summed E-state index contributed by atoms with van der Waals surface area (Å²) >= 11 is 0. The van der Waals surface area contributed by atoms with Crippen molar-refractivity contribution >= 4 is 29.9 Å². The lowest BCUT2D eigenvalue weighted by atomic mass is 10.0. The summed E-state index contributed by atoms with van der Waals surface area (Å²) in [5.74, 6) is 2.33. The first-order valence-corrected chi connectivity index (χ1v) is 9.84. The van der Waals surface area contributed by atoms with E-state index in [-0.39, 0.29) is 24.0 Å². The Morgan fingerprint density at radius 1 is 1.28 bits per heavy atom. The number of H-pyrrole nitrogens is 1. The number of guanidine groups is 1. The molecule has 3 aromatic rings. The summed E-state index contributed by atoms with van der Waals surface area (Å²) in [4.78, 5) is 15.0. The van der Waals surface area contributed by atoms with E-state index in [0.29, 0.717) is 12.5 Å². The van der Waals surface area contributed by atoms with Crippen molar-refractivity contribution in [1.82, 2.24) is 30.0 Å². The molecular weight excluding hydrogens is 477 g/mol. The fourth-order valence-corrected chi connectivity index (χ4v) is 3.66. The van der Waals surface area contributed by atoms with Gasteiger partial charge in [0.1, 0.15) is 12.4 Å². The van der Waals surface area contributed by atoms with Crippen LogP contribution in [0.1, 0.15) is 30.7 Å². The van der Waals surface area contributed by atoms with Crippen LogP contribution >= 0.6 is 24.0 Å². The third-order valence-corrected chi connectivity index (χ3v) is 5.11. The number of rotatable bonds is 5. The van der Waals surface area contributed by atoms with Gasteiger partial charge in [-0.25, -0.2) is 9.98 Å². The van der Waals surface area contributed by atoms with E-state index in [4.69, 9.17) is 4.99 Å². The molecule has 1 aliphatic heterocycles. The molecule has 1 saturated heterocycles. The number of hydrogen-bond donors (Lipinski definition) is 2. The van der Waals surface area contributed by atoms with E-state index < -0.39 is 0 Å². The predicted octanol–water partition coefficient (Wildman–Crippen LogP) is 3.38. The Morgan fingerprint density at radius 2 is 2.10 bits per heavy atom. The summed E-state index contributed by atoms with van der Waals surface area (Å²) in [6, 6.07) is 10.2. The van der Waals surface area contributed by atoms with Crippen LogP contribution in [0.3, 0.4) is 0 Å². The van der Waals surface area contributed by atoms with Crippen LogP contribution in [0.15, 0.2) is 53.9 Å². The Hall–Kier alpha value is -2.36. The second-order valence-electron chi connectivity index (χ2n) is 7.16. The summed E-state index contributed by atoms with van der Waals surface area (Å²) in [6.45, 7) is 5.44. The highest BCUT2D eigenvalue weighted by molar-refractivity contribution is 14.0. The molecule has 0 radical (unpaired) electrons. The molecule has 1 fully saturated rings. The zero-order valence-electron chi connectivity index (χ0n) is 16.9. The van der Waals surface area contributed by atoms with Crippen LogP contribution in [0.4, 0.5) is 0 Å². The predicted molar refractivity (Wildman–Crippen MR) is 126 cm³/mol. The molecule has 7 nitrogen and oxygen atoms in total.